The van der Waals surface area contributed by atoms with Crippen molar-refractivity contribution in [2.75, 3.05) is 0 Å². The predicted octanol–water partition coefficient (Wildman–Crippen LogP) is 2.06. The highest BCUT2D eigenvalue weighted by Gasteiger charge is 2.26. The Hall–Kier alpha value is -3.72. The molecule has 0 saturated heterocycles. The van der Waals surface area contributed by atoms with Gasteiger partial charge in [-0.05, 0) is 48.9 Å². The first-order valence-electron chi connectivity index (χ1n) is 9.57. The highest BCUT2D eigenvalue weighted by molar-refractivity contribution is 7.90. The number of aryl methyl sites for hydroxylation is 1. The van der Waals surface area contributed by atoms with Crippen LogP contribution in [0.4, 0.5) is 0 Å². The summed E-state index contributed by atoms with van der Waals surface area (Å²) in [6.45, 7) is 1.66. The smallest absolute Gasteiger partial charge is 0.343 e. The number of fused-ring (bicyclic) bond motifs is 1. The molecule has 1 amide bonds. The minimum absolute atomic E-state index is 0.0112. The van der Waals surface area contributed by atoms with Gasteiger partial charge in [0.25, 0.3) is 10.0 Å². The van der Waals surface area contributed by atoms with E-state index in [-0.39, 0.29) is 23.5 Å². The summed E-state index contributed by atoms with van der Waals surface area (Å²) in [6.07, 6.45) is 1.62. The van der Waals surface area contributed by atoms with Crippen LogP contribution < -0.4 is 11.0 Å². The second kappa shape index (κ2) is 8.19. The highest BCUT2D eigenvalue weighted by Crippen LogP contribution is 2.20. The van der Waals surface area contributed by atoms with Gasteiger partial charge in [-0.3, -0.25) is 14.3 Å². The normalized spacial score (nSPS) is 11.5. The van der Waals surface area contributed by atoms with Gasteiger partial charge in [0, 0.05) is 6.20 Å². The number of amides is 1. The van der Waals surface area contributed by atoms with E-state index in [0.717, 1.165) is 14.1 Å². The fraction of sp³-hybridized carbons (Fsp3) is 0.136. The third-order valence-electron chi connectivity index (χ3n) is 4.82. The molecule has 2 heterocycles. The van der Waals surface area contributed by atoms with E-state index < -0.39 is 21.6 Å². The zero-order valence-electron chi connectivity index (χ0n) is 16.7. The van der Waals surface area contributed by atoms with Gasteiger partial charge < -0.3 is 5.32 Å². The van der Waals surface area contributed by atoms with Crippen LogP contribution in [0.25, 0.3) is 11.0 Å². The van der Waals surface area contributed by atoms with E-state index >= 15 is 0 Å². The van der Waals surface area contributed by atoms with Gasteiger partial charge in [-0.2, -0.15) is 3.97 Å². The Morgan fingerprint density at radius 1 is 1.00 bits per heavy atom. The Balaban J connectivity index is 1.72. The van der Waals surface area contributed by atoms with Gasteiger partial charge in [0.05, 0.1) is 28.2 Å². The molecule has 158 valence electrons. The van der Waals surface area contributed by atoms with Crippen molar-refractivity contribution in [3.8, 4) is 0 Å². The van der Waals surface area contributed by atoms with Gasteiger partial charge in [-0.15, -0.1) is 0 Å². The molecule has 2 aromatic carbocycles. The molecule has 0 aliphatic heterocycles. The summed E-state index contributed by atoms with van der Waals surface area (Å²) in [5, 5.41) is 2.71. The molecule has 0 aliphatic rings. The fourth-order valence-corrected chi connectivity index (χ4v) is 4.85. The number of pyridine rings is 1. The van der Waals surface area contributed by atoms with Crippen molar-refractivity contribution in [1.82, 2.24) is 18.8 Å². The van der Waals surface area contributed by atoms with Crippen LogP contribution in [0, 0.1) is 6.92 Å². The maximum absolute atomic E-state index is 13.3. The molecule has 4 aromatic rings. The largest absolute Gasteiger partial charge is 0.349 e. The average molecular weight is 436 g/mol. The zero-order chi connectivity index (χ0) is 22.0. The van der Waals surface area contributed by atoms with E-state index in [2.05, 4.69) is 10.3 Å². The van der Waals surface area contributed by atoms with Crippen LogP contribution in [0.15, 0.2) is 82.6 Å². The number of carbonyl (C=O) groups is 1. The van der Waals surface area contributed by atoms with Crippen LogP contribution in [-0.2, 0) is 27.9 Å². The van der Waals surface area contributed by atoms with Crippen molar-refractivity contribution in [3.63, 3.8) is 0 Å². The van der Waals surface area contributed by atoms with E-state index in [1.54, 1.807) is 61.7 Å². The van der Waals surface area contributed by atoms with Crippen molar-refractivity contribution in [3.05, 3.63) is 94.7 Å². The number of imidazole rings is 1. The summed E-state index contributed by atoms with van der Waals surface area (Å²) in [6, 6.07) is 18.2. The molecule has 0 atom stereocenters. The van der Waals surface area contributed by atoms with Gasteiger partial charge >= 0.3 is 5.69 Å². The first-order chi connectivity index (χ1) is 14.9. The zero-order valence-corrected chi connectivity index (χ0v) is 17.5. The van der Waals surface area contributed by atoms with Gasteiger partial charge in [0.1, 0.15) is 6.54 Å². The lowest BCUT2D eigenvalue weighted by atomic mass is 10.2. The predicted molar refractivity (Wildman–Crippen MR) is 116 cm³/mol. The van der Waals surface area contributed by atoms with E-state index in [0.29, 0.717) is 11.2 Å². The molecule has 0 unspecified atom stereocenters. The summed E-state index contributed by atoms with van der Waals surface area (Å²) in [7, 11) is -4.15. The van der Waals surface area contributed by atoms with E-state index in [1.807, 2.05) is 6.07 Å². The number of rotatable bonds is 6. The minimum Gasteiger partial charge on any atom is -0.349 e. The summed E-state index contributed by atoms with van der Waals surface area (Å²) in [4.78, 5) is 29.8. The monoisotopic (exact) mass is 436 g/mol. The van der Waals surface area contributed by atoms with Crippen LogP contribution in [0.1, 0.15) is 11.3 Å². The third-order valence-corrected chi connectivity index (χ3v) is 6.50. The number of aromatic nitrogens is 3. The first-order valence-corrected chi connectivity index (χ1v) is 11.0. The van der Waals surface area contributed by atoms with Crippen molar-refractivity contribution in [2.24, 2.45) is 0 Å². The van der Waals surface area contributed by atoms with E-state index in [1.165, 1.54) is 12.1 Å². The number of hydrogen-bond donors (Lipinski definition) is 1. The molecule has 0 bridgehead atoms. The number of nitrogens with zero attached hydrogens (tertiary/aromatic N) is 3. The van der Waals surface area contributed by atoms with Crippen LogP contribution >= 0.6 is 0 Å². The topological polar surface area (TPSA) is 103 Å². The number of benzene rings is 2. The van der Waals surface area contributed by atoms with E-state index in [4.69, 9.17) is 0 Å². The molecule has 0 radical (unpaired) electrons. The summed E-state index contributed by atoms with van der Waals surface area (Å²) in [5.41, 5.74) is 1.21. The van der Waals surface area contributed by atoms with Gasteiger partial charge in [0.15, 0.2) is 0 Å². The molecule has 0 fully saturated rings. The molecule has 0 saturated carbocycles. The fourth-order valence-electron chi connectivity index (χ4n) is 3.34. The molecular formula is C22H20N4O4S. The van der Waals surface area contributed by atoms with Crippen molar-refractivity contribution >= 4 is 27.0 Å². The molecule has 1 N–H and O–H groups in total. The number of carbonyl (C=O) groups excluding carboxylic acids is 1. The van der Waals surface area contributed by atoms with Gasteiger partial charge in [-0.25, -0.2) is 13.2 Å². The molecule has 8 nitrogen and oxygen atoms in total. The Morgan fingerprint density at radius 3 is 2.45 bits per heavy atom. The Morgan fingerprint density at radius 2 is 1.74 bits per heavy atom. The highest BCUT2D eigenvalue weighted by atomic mass is 32.2. The second-order valence-electron chi connectivity index (χ2n) is 7.04. The minimum atomic E-state index is -4.15. The Labute approximate surface area is 178 Å². The third kappa shape index (κ3) is 3.99. The lowest BCUT2D eigenvalue weighted by Crippen LogP contribution is -2.34. The molecule has 0 aliphatic carbocycles. The maximum atomic E-state index is 13.3. The second-order valence-corrected chi connectivity index (χ2v) is 8.83. The summed E-state index contributed by atoms with van der Waals surface area (Å²) >= 11 is 0. The lowest BCUT2D eigenvalue weighted by Gasteiger charge is -2.07. The van der Waals surface area contributed by atoms with Crippen molar-refractivity contribution in [2.45, 2.75) is 24.9 Å². The quantitative estimate of drug-likeness (QED) is 0.498. The Kier molecular flexibility index (Phi) is 5.43. The first kappa shape index (κ1) is 20.5. The van der Waals surface area contributed by atoms with Gasteiger partial charge in [-0.1, -0.05) is 30.3 Å². The Bertz CT molecular complexity index is 1420. The van der Waals surface area contributed by atoms with Crippen molar-refractivity contribution < 1.29 is 13.2 Å². The molecule has 9 heteroatoms. The molecular weight excluding hydrogens is 416 g/mol. The van der Waals surface area contributed by atoms with Crippen LogP contribution in [0.3, 0.4) is 0 Å². The number of para-hydroxylation sites is 2. The standard InChI is InChI=1S/C22H20N4O4S/c1-16-7-6-9-18(13-16)31(29,30)26-20-11-3-2-10-19(20)25(22(26)28)15-21(27)24-14-17-8-4-5-12-23-17/h2-13H,14-15H2,1H3,(H,24,27). The SMILES string of the molecule is Cc1cccc(S(=O)(=O)n2c(=O)n(CC(=O)NCc3ccccn3)c3ccccc32)c1. The molecule has 2 aromatic heterocycles. The molecule has 0 spiro atoms. The maximum Gasteiger partial charge on any atom is 0.343 e. The van der Waals surface area contributed by atoms with E-state index in [9.17, 15) is 18.0 Å². The number of nitrogens with one attached hydrogen (secondary N) is 1. The van der Waals surface area contributed by atoms with Crippen LogP contribution in [0.5, 0.6) is 0 Å². The molecule has 4 rings (SSSR count). The summed E-state index contributed by atoms with van der Waals surface area (Å²) < 4.78 is 28.5. The molecule has 31 heavy (non-hydrogen) atoms. The van der Waals surface area contributed by atoms with Gasteiger partial charge in [0.2, 0.25) is 5.91 Å². The lowest BCUT2D eigenvalue weighted by molar-refractivity contribution is -0.121. The van der Waals surface area contributed by atoms with Crippen LogP contribution in [-0.4, -0.2) is 27.8 Å². The average Bonchev–Trinajstić information content (AvgIpc) is 3.05. The summed E-state index contributed by atoms with van der Waals surface area (Å²) in [5.74, 6) is -0.427. The van der Waals surface area contributed by atoms with Crippen molar-refractivity contribution in [1.29, 1.82) is 0 Å². The number of hydrogen-bond acceptors (Lipinski definition) is 5. The van der Waals surface area contributed by atoms with Crippen LogP contribution in [0.2, 0.25) is 0 Å².